The SMILES string of the molecule is O=C1Cc2c(cccc2C(F)(F)F)N1I. The zero-order valence-corrected chi connectivity index (χ0v) is 9.46. The van der Waals surface area contributed by atoms with E-state index in [1.807, 2.05) is 0 Å². The molecule has 0 aliphatic carbocycles. The van der Waals surface area contributed by atoms with Crippen LogP contribution < -0.4 is 3.11 Å². The van der Waals surface area contributed by atoms with Crippen molar-refractivity contribution in [1.29, 1.82) is 0 Å². The van der Waals surface area contributed by atoms with Gasteiger partial charge in [0.1, 0.15) is 0 Å². The smallest absolute Gasteiger partial charge is 0.273 e. The number of amides is 1. The monoisotopic (exact) mass is 327 g/mol. The van der Waals surface area contributed by atoms with Crippen LogP contribution in [-0.2, 0) is 17.4 Å². The van der Waals surface area contributed by atoms with Crippen molar-refractivity contribution >= 4 is 34.5 Å². The Morgan fingerprint density at radius 2 is 2.00 bits per heavy atom. The summed E-state index contributed by atoms with van der Waals surface area (Å²) in [5.74, 6) is -0.317. The van der Waals surface area contributed by atoms with Gasteiger partial charge in [-0.1, -0.05) is 6.07 Å². The molecule has 2 rings (SSSR count). The Morgan fingerprint density at radius 3 is 2.60 bits per heavy atom. The Bertz CT molecular complexity index is 430. The minimum Gasteiger partial charge on any atom is -0.273 e. The van der Waals surface area contributed by atoms with Gasteiger partial charge in [-0.05, 0) is 17.7 Å². The van der Waals surface area contributed by atoms with Gasteiger partial charge in [-0.25, -0.2) is 0 Å². The molecule has 1 amide bonds. The molecular formula is C9H5F3INO. The van der Waals surface area contributed by atoms with Gasteiger partial charge >= 0.3 is 6.18 Å². The molecule has 0 fully saturated rings. The first-order chi connectivity index (χ1) is 6.91. The van der Waals surface area contributed by atoms with Gasteiger partial charge in [0.15, 0.2) is 0 Å². The second-order valence-electron chi connectivity index (χ2n) is 3.15. The minimum atomic E-state index is -4.40. The van der Waals surface area contributed by atoms with Crippen molar-refractivity contribution in [3.05, 3.63) is 29.3 Å². The lowest BCUT2D eigenvalue weighted by Crippen LogP contribution is -2.13. The summed E-state index contributed by atoms with van der Waals surface area (Å²) in [6.45, 7) is 0. The van der Waals surface area contributed by atoms with Crippen LogP contribution in [0.25, 0.3) is 0 Å². The Labute approximate surface area is 97.6 Å². The number of fused-ring (bicyclic) bond motifs is 1. The quantitative estimate of drug-likeness (QED) is 0.530. The molecule has 0 saturated heterocycles. The van der Waals surface area contributed by atoms with E-state index in [0.29, 0.717) is 5.69 Å². The van der Waals surface area contributed by atoms with E-state index in [-0.39, 0.29) is 17.9 Å². The van der Waals surface area contributed by atoms with Crippen LogP contribution in [0.3, 0.4) is 0 Å². The summed E-state index contributed by atoms with van der Waals surface area (Å²) in [5, 5.41) is 0. The molecule has 0 N–H and O–H groups in total. The van der Waals surface area contributed by atoms with Crippen LogP contribution >= 0.6 is 22.9 Å². The first kappa shape index (κ1) is 10.7. The number of rotatable bonds is 0. The second-order valence-corrected chi connectivity index (χ2v) is 4.12. The lowest BCUT2D eigenvalue weighted by molar-refractivity contribution is -0.138. The predicted molar refractivity (Wildman–Crippen MR) is 56.7 cm³/mol. The summed E-state index contributed by atoms with van der Waals surface area (Å²) in [5.41, 5.74) is -0.299. The number of halogens is 4. The highest BCUT2D eigenvalue weighted by Gasteiger charge is 2.38. The molecule has 0 aromatic heterocycles. The van der Waals surface area contributed by atoms with E-state index in [2.05, 4.69) is 0 Å². The first-order valence-corrected chi connectivity index (χ1v) is 5.05. The second kappa shape index (κ2) is 3.36. The van der Waals surface area contributed by atoms with Gasteiger partial charge in [0.2, 0.25) is 5.91 Å². The molecule has 15 heavy (non-hydrogen) atoms. The molecule has 0 unspecified atom stereocenters. The number of benzene rings is 1. The predicted octanol–water partition coefficient (Wildman–Crippen LogP) is 2.94. The summed E-state index contributed by atoms with van der Waals surface area (Å²) < 4.78 is 38.9. The summed E-state index contributed by atoms with van der Waals surface area (Å²) >= 11 is 1.71. The van der Waals surface area contributed by atoms with Crippen LogP contribution in [0.5, 0.6) is 0 Å². The molecule has 0 bridgehead atoms. The zero-order valence-electron chi connectivity index (χ0n) is 7.31. The normalized spacial score (nSPS) is 15.7. The molecule has 0 saturated carbocycles. The van der Waals surface area contributed by atoms with Gasteiger partial charge in [-0.3, -0.25) is 7.91 Å². The van der Waals surface area contributed by atoms with Crippen molar-refractivity contribution in [2.45, 2.75) is 12.6 Å². The van der Waals surface area contributed by atoms with Crippen molar-refractivity contribution in [2.24, 2.45) is 0 Å². The Kier molecular flexibility index (Phi) is 2.40. The number of alkyl halides is 3. The van der Waals surface area contributed by atoms with Crippen LogP contribution in [0.2, 0.25) is 0 Å². The highest BCUT2D eigenvalue weighted by atomic mass is 127. The number of hydrogen-bond acceptors (Lipinski definition) is 1. The fraction of sp³-hybridized carbons (Fsp3) is 0.222. The lowest BCUT2D eigenvalue weighted by atomic mass is 10.0. The van der Waals surface area contributed by atoms with Crippen molar-refractivity contribution < 1.29 is 18.0 Å². The van der Waals surface area contributed by atoms with Crippen molar-refractivity contribution in [3.8, 4) is 0 Å². The van der Waals surface area contributed by atoms with Gasteiger partial charge in [0, 0.05) is 0 Å². The van der Waals surface area contributed by atoms with E-state index < -0.39 is 11.7 Å². The molecule has 80 valence electrons. The average molecular weight is 327 g/mol. The molecular weight excluding hydrogens is 322 g/mol. The molecule has 0 spiro atoms. The van der Waals surface area contributed by atoms with Crippen LogP contribution in [0.1, 0.15) is 11.1 Å². The molecule has 1 aliphatic heterocycles. The van der Waals surface area contributed by atoms with Crippen LogP contribution in [0.15, 0.2) is 18.2 Å². The average Bonchev–Trinajstić information content (AvgIpc) is 2.41. The van der Waals surface area contributed by atoms with Crippen LogP contribution in [-0.4, -0.2) is 5.91 Å². The first-order valence-electron chi connectivity index (χ1n) is 4.09. The highest BCUT2D eigenvalue weighted by Crippen LogP contribution is 2.40. The van der Waals surface area contributed by atoms with Crippen molar-refractivity contribution in [3.63, 3.8) is 0 Å². The highest BCUT2D eigenvalue weighted by molar-refractivity contribution is 14.1. The number of carbonyl (C=O) groups is 1. The van der Waals surface area contributed by atoms with E-state index in [9.17, 15) is 18.0 Å². The molecule has 1 aliphatic rings. The van der Waals surface area contributed by atoms with E-state index in [1.165, 1.54) is 15.2 Å². The standard InChI is InChI=1S/C9H5F3INO/c10-9(11,12)6-2-1-3-7-5(6)4-8(15)14(7)13/h1-3H,4H2. The third-order valence-electron chi connectivity index (χ3n) is 2.22. The van der Waals surface area contributed by atoms with Gasteiger partial charge in [0.25, 0.3) is 0 Å². The third kappa shape index (κ3) is 1.70. The van der Waals surface area contributed by atoms with Crippen LogP contribution in [0.4, 0.5) is 18.9 Å². The van der Waals surface area contributed by atoms with E-state index in [1.54, 1.807) is 22.9 Å². The number of carbonyl (C=O) groups excluding carboxylic acids is 1. The molecule has 0 radical (unpaired) electrons. The topological polar surface area (TPSA) is 20.3 Å². The van der Waals surface area contributed by atoms with Crippen molar-refractivity contribution in [2.75, 3.05) is 3.11 Å². The minimum absolute atomic E-state index is 0.0735. The molecule has 1 aromatic rings. The Hall–Kier alpha value is -0.790. The molecule has 1 heterocycles. The number of hydrogen-bond donors (Lipinski definition) is 0. The maximum absolute atomic E-state index is 12.6. The largest absolute Gasteiger partial charge is 0.416 e. The number of anilines is 1. The summed E-state index contributed by atoms with van der Waals surface area (Å²) in [6, 6.07) is 3.83. The lowest BCUT2D eigenvalue weighted by Gasteiger charge is -2.11. The van der Waals surface area contributed by atoms with E-state index in [0.717, 1.165) is 6.07 Å². The Balaban J connectivity index is 2.60. The van der Waals surface area contributed by atoms with Gasteiger partial charge in [-0.15, -0.1) is 0 Å². The maximum Gasteiger partial charge on any atom is 0.416 e. The summed E-state index contributed by atoms with van der Waals surface area (Å²) in [7, 11) is 0. The van der Waals surface area contributed by atoms with E-state index in [4.69, 9.17) is 0 Å². The van der Waals surface area contributed by atoms with E-state index >= 15 is 0 Å². The molecule has 1 aromatic carbocycles. The van der Waals surface area contributed by atoms with Gasteiger partial charge in [0.05, 0.1) is 40.5 Å². The maximum atomic E-state index is 12.6. The van der Waals surface area contributed by atoms with Gasteiger partial charge in [-0.2, -0.15) is 13.2 Å². The number of nitrogens with zero attached hydrogens (tertiary/aromatic N) is 1. The molecule has 0 atom stereocenters. The fourth-order valence-electron chi connectivity index (χ4n) is 1.56. The third-order valence-corrected chi connectivity index (χ3v) is 3.27. The fourth-order valence-corrected chi connectivity index (χ4v) is 2.19. The summed E-state index contributed by atoms with van der Waals surface area (Å²) in [6.07, 6.45) is -4.57. The Morgan fingerprint density at radius 1 is 1.33 bits per heavy atom. The zero-order chi connectivity index (χ0) is 11.2. The summed E-state index contributed by atoms with van der Waals surface area (Å²) in [4.78, 5) is 11.3. The van der Waals surface area contributed by atoms with Crippen molar-refractivity contribution in [1.82, 2.24) is 0 Å². The molecule has 6 heteroatoms. The van der Waals surface area contributed by atoms with Crippen LogP contribution in [0, 0.1) is 0 Å². The van der Waals surface area contributed by atoms with Gasteiger partial charge < -0.3 is 0 Å². The molecule has 2 nitrogen and oxygen atoms in total.